The lowest BCUT2D eigenvalue weighted by molar-refractivity contribution is -0.116. The van der Waals surface area contributed by atoms with E-state index in [-0.39, 0.29) is 17.9 Å². The van der Waals surface area contributed by atoms with Crippen molar-refractivity contribution in [1.82, 2.24) is 14.8 Å². The molecule has 23 heavy (non-hydrogen) atoms. The zero-order chi connectivity index (χ0) is 15.8. The lowest BCUT2D eigenvalue weighted by Gasteiger charge is -2.09. The molecule has 2 heterocycles. The van der Waals surface area contributed by atoms with E-state index in [2.05, 4.69) is 15.5 Å². The molecule has 1 aromatic carbocycles. The molecule has 0 spiro atoms. The molecule has 6 nitrogen and oxygen atoms in total. The molecular formula is C17H16N4O2. The molecule has 0 saturated heterocycles. The maximum atomic E-state index is 12.2. The highest BCUT2D eigenvalue weighted by atomic mass is 16.2. The normalized spacial score (nSPS) is 14.1. The van der Waals surface area contributed by atoms with Crippen molar-refractivity contribution in [1.29, 1.82) is 0 Å². The van der Waals surface area contributed by atoms with Gasteiger partial charge in [-0.1, -0.05) is 12.1 Å². The second-order valence-electron chi connectivity index (χ2n) is 5.86. The molecule has 1 amide bonds. The predicted molar refractivity (Wildman–Crippen MR) is 87.4 cm³/mol. The van der Waals surface area contributed by atoms with Gasteiger partial charge in [0.1, 0.15) is 6.54 Å². The zero-order valence-corrected chi connectivity index (χ0v) is 12.5. The van der Waals surface area contributed by atoms with E-state index in [4.69, 9.17) is 0 Å². The van der Waals surface area contributed by atoms with Crippen molar-refractivity contribution < 1.29 is 4.79 Å². The summed E-state index contributed by atoms with van der Waals surface area (Å²) in [6.45, 7) is 0.131. The van der Waals surface area contributed by atoms with Crippen LogP contribution in [-0.4, -0.2) is 20.7 Å². The van der Waals surface area contributed by atoms with Crippen LogP contribution < -0.4 is 10.7 Å². The summed E-state index contributed by atoms with van der Waals surface area (Å²) >= 11 is 0. The SMILES string of the molecule is O=C(Cn1ccc(=O)c2ccccc21)Nc1cc(C2CC2)[nH]n1. The fraction of sp³-hybridized carbons (Fsp3) is 0.235. The van der Waals surface area contributed by atoms with Crippen LogP contribution in [0.3, 0.4) is 0 Å². The van der Waals surface area contributed by atoms with Gasteiger partial charge in [-0.05, 0) is 25.0 Å². The first kappa shape index (κ1) is 13.8. The van der Waals surface area contributed by atoms with Crippen LogP contribution in [0.1, 0.15) is 24.5 Å². The topological polar surface area (TPSA) is 79.8 Å². The van der Waals surface area contributed by atoms with Gasteiger partial charge in [0.2, 0.25) is 5.91 Å². The Labute approximate surface area is 132 Å². The molecule has 0 atom stereocenters. The molecule has 2 aromatic heterocycles. The standard InChI is InChI=1S/C17H16N4O2/c22-15-7-8-21(14-4-2-1-3-12(14)15)10-17(23)18-16-9-13(19-20-16)11-5-6-11/h1-4,7-9,11H,5-6,10H2,(H2,18,19,20,23). The molecule has 1 aliphatic rings. The molecule has 4 rings (SSSR count). The first-order valence-corrected chi connectivity index (χ1v) is 7.64. The van der Waals surface area contributed by atoms with Crippen molar-refractivity contribution in [3.63, 3.8) is 0 Å². The molecule has 1 saturated carbocycles. The monoisotopic (exact) mass is 308 g/mol. The molecule has 0 radical (unpaired) electrons. The van der Waals surface area contributed by atoms with E-state index in [0.717, 1.165) is 11.2 Å². The van der Waals surface area contributed by atoms with Gasteiger partial charge in [0.15, 0.2) is 11.2 Å². The Hall–Kier alpha value is -2.89. The number of aromatic nitrogens is 3. The Bertz CT molecular complexity index is 937. The van der Waals surface area contributed by atoms with Gasteiger partial charge in [-0.3, -0.25) is 14.7 Å². The van der Waals surface area contributed by atoms with Crippen molar-refractivity contribution in [3.05, 3.63) is 58.5 Å². The third-order valence-electron chi connectivity index (χ3n) is 4.08. The van der Waals surface area contributed by atoms with E-state index in [0.29, 0.717) is 17.1 Å². The van der Waals surface area contributed by atoms with Gasteiger partial charge in [-0.2, -0.15) is 5.10 Å². The Kier molecular flexibility index (Phi) is 3.22. The number of pyridine rings is 1. The summed E-state index contributed by atoms with van der Waals surface area (Å²) < 4.78 is 1.76. The number of hydrogen-bond acceptors (Lipinski definition) is 3. The third kappa shape index (κ3) is 2.75. The van der Waals surface area contributed by atoms with Gasteiger partial charge in [-0.15, -0.1) is 0 Å². The molecule has 2 N–H and O–H groups in total. The minimum Gasteiger partial charge on any atom is -0.338 e. The van der Waals surface area contributed by atoms with E-state index in [1.54, 1.807) is 16.8 Å². The summed E-state index contributed by atoms with van der Waals surface area (Å²) in [5.74, 6) is 0.936. The van der Waals surface area contributed by atoms with E-state index in [9.17, 15) is 9.59 Å². The molecule has 3 aromatic rings. The predicted octanol–water partition coefficient (Wildman–Crippen LogP) is 2.24. The molecule has 0 bridgehead atoms. The second kappa shape index (κ2) is 5.39. The molecule has 116 valence electrons. The van der Waals surface area contributed by atoms with Crippen LogP contribution in [0.25, 0.3) is 10.9 Å². The van der Waals surface area contributed by atoms with Crippen molar-refractivity contribution in [3.8, 4) is 0 Å². The first-order chi connectivity index (χ1) is 11.2. The van der Waals surface area contributed by atoms with E-state index < -0.39 is 0 Å². The van der Waals surface area contributed by atoms with Crippen LogP contribution in [0.15, 0.2) is 47.4 Å². The van der Waals surface area contributed by atoms with Gasteiger partial charge in [0, 0.05) is 35.3 Å². The minimum absolute atomic E-state index is 0.0429. The Balaban J connectivity index is 1.54. The molecule has 0 aliphatic heterocycles. The number of fused-ring (bicyclic) bond motifs is 1. The smallest absolute Gasteiger partial charge is 0.245 e. The molecular weight excluding hydrogens is 292 g/mol. The summed E-state index contributed by atoms with van der Waals surface area (Å²) in [6.07, 6.45) is 4.00. The fourth-order valence-electron chi connectivity index (χ4n) is 2.74. The highest BCUT2D eigenvalue weighted by Crippen LogP contribution is 2.39. The van der Waals surface area contributed by atoms with E-state index >= 15 is 0 Å². The highest BCUT2D eigenvalue weighted by Gasteiger charge is 2.25. The number of aromatic amines is 1. The van der Waals surface area contributed by atoms with Crippen LogP contribution >= 0.6 is 0 Å². The van der Waals surface area contributed by atoms with Crippen molar-refractivity contribution in [2.45, 2.75) is 25.3 Å². The first-order valence-electron chi connectivity index (χ1n) is 7.64. The van der Waals surface area contributed by atoms with Crippen molar-refractivity contribution >= 4 is 22.6 Å². The van der Waals surface area contributed by atoms with Crippen LogP contribution in [-0.2, 0) is 11.3 Å². The third-order valence-corrected chi connectivity index (χ3v) is 4.08. The zero-order valence-electron chi connectivity index (χ0n) is 12.5. The minimum atomic E-state index is -0.173. The Morgan fingerprint density at radius 3 is 2.96 bits per heavy atom. The summed E-state index contributed by atoms with van der Waals surface area (Å²) in [5.41, 5.74) is 1.78. The largest absolute Gasteiger partial charge is 0.338 e. The van der Waals surface area contributed by atoms with Gasteiger partial charge in [0.25, 0.3) is 0 Å². The maximum Gasteiger partial charge on any atom is 0.245 e. The van der Waals surface area contributed by atoms with Gasteiger partial charge in [-0.25, -0.2) is 0 Å². The summed E-state index contributed by atoms with van der Waals surface area (Å²) in [7, 11) is 0. The fourth-order valence-corrected chi connectivity index (χ4v) is 2.74. The number of amides is 1. The average Bonchev–Trinajstić information content (AvgIpc) is 3.31. The average molecular weight is 308 g/mol. The summed E-state index contributed by atoms with van der Waals surface area (Å²) in [5, 5.41) is 10.5. The van der Waals surface area contributed by atoms with Crippen LogP contribution in [0.5, 0.6) is 0 Å². The van der Waals surface area contributed by atoms with Gasteiger partial charge < -0.3 is 9.88 Å². The van der Waals surface area contributed by atoms with E-state index in [1.807, 2.05) is 24.3 Å². The number of carbonyl (C=O) groups is 1. The van der Waals surface area contributed by atoms with Crippen LogP contribution in [0.4, 0.5) is 5.82 Å². The molecule has 0 unspecified atom stereocenters. The van der Waals surface area contributed by atoms with Crippen LogP contribution in [0, 0.1) is 0 Å². The molecule has 6 heteroatoms. The van der Waals surface area contributed by atoms with Crippen molar-refractivity contribution in [2.75, 3.05) is 5.32 Å². The number of rotatable bonds is 4. The number of nitrogens with zero attached hydrogens (tertiary/aromatic N) is 2. The maximum absolute atomic E-state index is 12.2. The lowest BCUT2D eigenvalue weighted by Crippen LogP contribution is -2.20. The molecule has 1 fully saturated rings. The number of nitrogens with one attached hydrogen (secondary N) is 2. The highest BCUT2D eigenvalue weighted by molar-refractivity contribution is 5.91. The lowest BCUT2D eigenvalue weighted by atomic mass is 10.2. The number of benzene rings is 1. The van der Waals surface area contributed by atoms with Crippen molar-refractivity contribution in [2.24, 2.45) is 0 Å². The number of hydrogen-bond donors (Lipinski definition) is 2. The van der Waals surface area contributed by atoms with Crippen LogP contribution in [0.2, 0.25) is 0 Å². The summed E-state index contributed by atoms with van der Waals surface area (Å²) in [4.78, 5) is 24.1. The number of anilines is 1. The molecule has 1 aliphatic carbocycles. The Morgan fingerprint density at radius 2 is 2.13 bits per heavy atom. The Morgan fingerprint density at radius 1 is 1.30 bits per heavy atom. The number of para-hydroxylation sites is 1. The number of carbonyl (C=O) groups excluding carboxylic acids is 1. The van der Waals surface area contributed by atoms with E-state index in [1.165, 1.54) is 18.9 Å². The number of H-pyrrole nitrogens is 1. The summed E-state index contributed by atoms with van der Waals surface area (Å²) in [6, 6.07) is 10.6. The second-order valence-corrected chi connectivity index (χ2v) is 5.86. The van der Waals surface area contributed by atoms with Gasteiger partial charge >= 0.3 is 0 Å². The quantitative estimate of drug-likeness (QED) is 0.775. The van der Waals surface area contributed by atoms with Gasteiger partial charge in [0.05, 0.1) is 5.52 Å².